The van der Waals surface area contributed by atoms with Crippen LogP contribution in [-0.4, -0.2) is 42.8 Å². The lowest BCUT2D eigenvalue weighted by molar-refractivity contribution is 0.0163. The number of amides is 1. The smallest absolute Gasteiger partial charge is 0.410 e. The largest absolute Gasteiger partial charge is 0.442 e. The molecule has 4 heteroatoms. The lowest BCUT2D eigenvalue weighted by Crippen LogP contribution is -2.40. The zero-order valence-corrected chi connectivity index (χ0v) is 9.30. The summed E-state index contributed by atoms with van der Waals surface area (Å²) in [5.74, 6) is 0. The second kappa shape index (κ2) is 4.64. The Morgan fingerprint density at radius 1 is 1.50 bits per heavy atom. The SMILES string of the molecule is CCN(CC)C(=O)O[C@]1(C)CCNC1. The highest BCUT2D eigenvalue weighted by Crippen LogP contribution is 2.19. The van der Waals surface area contributed by atoms with Crippen molar-refractivity contribution in [3.05, 3.63) is 0 Å². The second-order valence-electron chi connectivity index (χ2n) is 3.92. The quantitative estimate of drug-likeness (QED) is 0.744. The summed E-state index contributed by atoms with van der Waals surface area (Å²) >= 11 is 0. The molecule has 0 saturated carbocycles. The molecule has 1 saturated heterocycles. The highest BCUT2D eigenvalue weighted by Gasteiger charge is 2.33. The number of nitrogens with one attached hydrogen (secondary N) is 1. The van der Waals surface area contributed by atoms with Crippen molar-refractivity contribution in [3.63, 3.8) is 0 Å². The van der Waals surface area contributed by atoms with Gasteiger partial charge in [0.15, 0.2) is 0 Å². The molecule has 1 atom stereocenters. The van der Waals surface area contributed by atoms with Gasteiger partial charge in [0, 0.05) is 26.1 Å². The van der Waals surface area contributed by atoms with E-state index in [1.165, 1.54) is 0 Å². The molecular weight excluding hydrogens is 180 g/mol. The Morgan fingerprint density at radius 3 is 2.57 bits per heavy atom. The van der Waals surface area contributed by atoms with Crippen LogP contribution in [0.5, 0.6) is 0 Å². The van der Waals surface area contributed by atoms with Crippen molar-refractivity contribution in [2.45, 2.75) is 32.8 Å². The Hall–Kier alpha value is -0.770. The summed E-state index contributed by atoms with van der Waals surface area (Å²) in [4.78, 5) is 13.3. The Balaban J connectivity index is 2.46. The number of rotatable bonds is 3. The highest BCUT2D eigenvalue weighted by atomic mass is 16.6. The maximum atomic E-state index is 11.6. The van der Waals surface area contributed by atoms with Gasteiger partial charge in [-0.05, 0) is 27.3 Å². The van der Waals surface area contributed by atoms with Gasteiger partial charge in [-0.1, -0.05) is 0 Å². The second-order valence-corrected chi connectivity index (χ2v) is 3.92. The molecule has 0 aliphatic carbocycles. The maximum Gasteiger partial charge on any atom is 0.410 e. The standard InChI is InChI=1S/C10H20N2O2/c1-4-12(5-2)9(13)14-10(3)6-7-11-8-10/h11H,4-8H2,1-3H3/t10-/m1/s1. The van der Waals surface area contributed by atoms with E-state index in [1.54, 1.807) is 4.90 Å². The van der Waals surface area contributed by atoms with Gasteiger partial charge >= 0.3 is 6.09 Å². The Kier molecular flexibility index (Phi) is 3.75. The molecule has 1 fully saturated rings. The molecule has 1 aliphatic heterocycles. The van der Waals surface area contributed by atoms with Crippen LogP contribution in [0, 0.1) is 0 Å². The fraction of sp³-hybridized carbons (Fsp3) is 0.900. The summed E-state index contributed by atoms with van der Waals surface area (Å²) in [6.07, 6.45) is 0.709. The predicted molar refractivity (Wildman–Crippen MR) is 55.3 cm³/mol. The Bertz CT molecular complexity index is 196. The van der Waals surface area contributed by atoms with Gasteiger partial charge in [0.2, 0.25) is 0 Å². The Morgan fingerprint density at radius 2 is 2.14 bits per heavy atom. The molecule has 4 nitrogen and oxygen atoms in total. The predicted octanol–water partition coefficient (Wildman–Crippen LogP) is 1.22. The van der Waals surface area contributed by atoms with E-state index in [9.17, 15) is 4.79 Å². The van der Waals surface area contributed by atoms with Crippen molar-refractivity contribution in [3.8, 4) is 0 Å². The van der Waals surface area contributed by atoms with Crippen LogP contribution >= 0.6 is 0 Å². The van der Waals surface area contributed by atoms with E-state index in [2.05, 4.69) is 5.32 Å². The van der Waals surface area contributed by atoms with Crippen molar-refractivity contribution in [2.24, 2.45) is 0 Å². The molecule has 1 rings (SSSR count). The molecule has 0 unspecified atom stereocenters. The zero-order chi connectivity index (χ0) is 10.6. The topological polar surface area (TPSA) is 41.6 Å². The number of ether oxygens (including phenoxy) is 1. The van der Waals surface area contributed by atoms with Crippen molar-refractivity contribution in [2.75, 3.05) is 26.2 Å². The summed E-state index contributed by atoms with van der Waals surface area (Å²) in [6, 6.07) is 0. The van der Waals surface area contributed by atoms with Crippen molar-refractivity contribution in [1.29, 1.82) is 0 Å². The number of nitrogens with zero attached hydrogens (tertiary/aromatic N) is 1. The van der Waals surface area contributed by atoms with Gasteiger partial charge in [-0.2, -0.15) is 0 Å². The Labute approximate surface area is 85.6 Å². The maximum absolute atomic E-state index is 11.6. The van der Waals surface area contributed by atoms with Crippen LogP contribution in [0.4, 0.5) is 4.79 Å². The van der Waals surface area contributed by atoms with E-state index in [0.29, 0.717) is 13.1 Å². The van der Waals surface area contributed by atoms with E-state index in [-0.39, 0.29) is 11.7 Å². The van der Waals surface area contributed by atoms with Gasteiger partial charge in [0.25, 0.3) is 0 Å². The molecule has 82 valence electrons. The molecule has 0 radical (unpaired) electrons. The summed E-state index contributed by atoms with van der Waals surface area (Å²) in [6.45, 7) is 9.01. The van der Waals surface area contributed by atoms with Crippen molar-refractivity contribution in [1.82, 2.24) is 10.2 Å². The van der Waals surface area contributed by atoms with Crippen molar-refractivity contribution < 1.29 is 9.53 Å². The molecule has 1 heterocycles. The van der Waals surface area contributed by atoms with Crippen LogP contribution in [0.25, 0.3) is 0 Å². The van der Waals surface area contributed by atoms with Gasteiger partial charge in [-0.25, -0.2) is 4.79 Å². The van der Waals surface area contributed by atoms with Gasteiger partial charge in [-0.3, -0.25) is 0 Å². The highest BCUT2D eigenvalue weighted by molar-refractivity contribution is 5.68. The number of carbonyl (C=O) groups excluding carboxylic acids is 1. The third-order valence-electron chi connectivity index (χ3n) is 2.68. The van der Waals surface area contributed by atoms with Gasteiger partial charge in [-0.15, -0.1) is 0 Å². The van der Waals surface area contributed by atoms with Crippen molar-refractivity contribution >= 4 is 6.09 Å². The lowest BCUT2D eigenvalue weighted by Gasteiger charge is -2.27. The number of hydrogen-bond donors (Lipinski definition) is 1. The summed E-state index contributed by atoms with van der Waals surface area (Å²) in [7, 11) is 0. The summed E-state index contributed by atoms with van der Waals surface area (Å²) in [5.41, 5.74) is -0.306. The first-order valence-electron chi connectivity index (χ1n) is 5.30. The molecule has 0 spiro atoms. The first kappa shape index (κ1) is 11.3. The minimum Gasteiger partial charge on any atom is -0.442 e. The first-order chi connectivity index (χ1) is 6.61. The molecule has 1 amide bonds. The number of carbonyl (C=O) groups is 1. The van der Waals surface area contributed by atoms with Crippen LogP contribution in [0.15, 0.2) is 0 Å². The third-order valence-corrected chi connectivity index (χ3v) is 2.68. The molecule has 1 N–H and O–H groups in total. The average Bonchev–Trinajstić information content (AvgIpc) is 2.54. The van der Waals surface area contributed by atoms with E-state index < -0.39 is 0 Å². The summed E-state index contributed by atoms with van der Waals surface area (Å²) in [5, 5.41) is 3.20. The van der Waals surface area contributed by atoms with Crippen LogP contribution in [0.3, 0.4) is 0 Å². The van der Waals surface area contributed by atoms with Crippen LogP contribution < -0.4 is 5.32 Å². The third kappa shape index (κ3) is 2.61. The molecule has 0 bridgehead atoms. The molecule has 14 heavy (non-hydrogen) atoms. The van der Waals surface area contributed by atoms with E-state index in [4.69, 9.17) is 4.74 Å². The number of hydrogen-bond acceptors (Lipinski definition) is 3. The molecule has 0 aromatic carbocycles. The first-order valence-corrected chi connectivity index (χ1v) is 5.30. The van der Waals surface area contributed by atoms with Gasteiger partial charge in [0.1, 0.15) is 5.60 Å². The lowest BCUT2D eigenvalue weighted by atomic mass is 10.1. The zero-order valence-electron chi connectivity index (χ0n) is 9.30. The molecule has 0 aromatic heterocycles. The fourth-order valence-corrected chi connectivity index (χ4v) is 1.64. The fourth-order valence-electron chi connectivity index (χ4n) is 1.64. The van der Waals surface area contributed by atoms with Crippen LogP contribution in [0.1, 0.15) is 27.2 Å². The van der Waals surface area contributed by atoms with Crippen LogP contribution in [0.2, 0.25) is 0 Å². The molecule has 0 aromatic rings. The molecular formula is C10H20N2O2. The monoisotopic (exact) mass is 200 g/mol. The van der Waals surface area contributed by atoms with E-state index >= 15 is 0 Å². The van der Waals surface area contributed by atoms with E-state index in [1.807, 2.05) is 20.8 Å². The van der Waals surface area contributed by atoms with Gasteiger partial charge in [0.05, 0.1) is 0 Å². The van der Waals surface area contributed by atoms with E-state index in [0.717, 1.165) is 19.5 Å². The normalized spacial score (nSPS) is 26.2. The van der Waals surface area contributed by atoms with Gasteiger partial charge < -0.3 is 15.0 Å². The molecule has 1 aliphatic rings. The van der Waals surface area contributed by atoms with Crippen LogP contribution in [-0.2, 0) is 4.74 Å². The average molecular weight is 200 g/mol. The summed E-state index contributed by atoms with van der Waals surface area (Å²) < 4.78 is 5.47. The minimum atomic E-state index is -0.306. The minimum absolute atomic E-state index is 0.193.